The third kappa shape index (κ3) is 1.44. The van der Waals surface area contributed by atoms with E-state index in [4.69, 9.17) is 0 Å². The number of nitrogens with zero attached hydrogens (tertiary/aromatic N) is 2. The van der Waals surface area contributed by atoms with E-state index in [9.17, 15) is 0 Å². The predicted octanol–water partition coefficient (Wildman–Crippen LogP) is 2.99. The molecule has 0 N–H and O–H groups in total. The van der Waals surface area contributed by atoms with Gasteiger partial charge in [-0.1, -0.05) is 20.8 Å². The van der Waals surface area contributed by atoms with Crippen molar-refractivity contribution >= 4 is 21.7 Å². The van der Waals surface area contributed by atoms with Gasteiger partial charge in [-0.15, -0.1) is 0 Å². The highest BCUT2D eigenvalue weighted by Gasteiger charge is 2.17. The van der Waals surface area contributed by atoms with Gasteiger partial charge in [0.1, 0.15) is 4.83 Å². The normalized spacial score (nSPS) is 12.2. The molecule has 0 bridgehead atoms. The molecule has 0 saturated carbocycles. The van der Waals surface area contributed by atoms with Crippen LogP contribution in [0.2, 0.25) is 0 Å². The lowest BCUT2D eigenvalue weighted by molar-refractivity contribution is 0.595. The van der Waals surface area contributed by atoms with Crippen LogP contribution in [0.3, 0.4) is 0 Å². The van der Waals surface area contributed by atoms with E-state index < -0.39 is 0 Å². The summed E-state index contributed by atoms with van der Waals surface area (Å²) in [6.07, 6.45) is 3.77. The van der Waals surface area contributed by atoms with E-state index in [2.05, 4.69) is 36.2 Å². The Hall–Kier alpha value is -0.960. The molecule has 2 rings (SSSR count). The number of fused-ring (bicyclic) bond motifs is 1. The molecule has 0 spiro atoms. The Kier molecular flexibility index (Phi) is 1.84. The summed E-state index contributed by atoms with van der Waals surface area (Å²) in [6.45, 7) is 6.62. The number of rotatable bonds is 0. The molecule has 13 heavy (non-hydrogen) atoms. The standard InChI is InChI=1S/C10H12N2S/c1-10(2,3)8-4-5-11-9-7(8)6-12-13-9/h4-6H,1-3H3. The molecule has 3 heteroatoms. The van der Waals surface area contributed by atoms with Gasteiger partial charge in [0.25, 0.3) is 0 Å². The summed E-state index contributed by atoms with van der Waals surface area (Å²) in [5.41, 5.74) is 1.50. The van der Waals surface area contributed by atoms with E-state index in [0.29, 0.717) is 0 Å². The molecule has 0 radical (unpaired) electrons. The summed E-state index contributed by atoms with van der Waals surface area (Å²) in [4.78, 5) is 5.31. The van der Waals surface area contributed by atoms with Gasteiger partial charge >= 0.3 is 0 Å². The second kappa shape index (κ2) is 2.77. The quantitative estimate of drug-likeness (QED) is 0.641. The van der Waals surface area contributed by atoms with Crippen LogP contribution in [0.1, 0.15) is 26.3 Å². The third-order valence-corrected chi connectivity index (χ3v) is 2.79. The van der Waals surface area contributed by atoms with Gasteiger partial charge in [0.05, 0.1) is 6.20 Å². The second-order valence-corrected chi connectivity index (χ2v) is 4.93. The molecule has 0 atom stereocenters. The zero-order valence-corrected chi connectivity index (χ0v) is 8.85. The Morgan fingerprint density at radius 1 is 1.31 bits per heavy atom. The van der Waals surface area contributed by atoms with Gasteiger partial charge in [0.15, 0.2) is 0 Å². The van der Waals surface area contributed by atoms with Gasteiger partial charge in [-0.25, -0.2) is 4.98 Å². The van der Waals surface area contributed by atoms with E-state index in [-0.39, 0.29) is 5.41 Å². The first-order chi connectivity index (χ1) is 6.09. The van der Waals surface area contributed by atoms with E-state index in [1.807, 2.05) is 12.4 Å². The molecule has 0 aliphatic carbocycles. The molecule has 68 valence electrons. The Balaban J connectivity index is 2.75. The van der Waals surface area contributed by atoms with Crippen LogP contribution in [0.25, 0.3) is 10.2 Å². The van der Waals surface area contributed by atoms with E-state index in [1.165, 1.54) is 22.5 Å². The van der Waals surface area contributed by atoms with Gasteiger partial charge < -0.3 is 0 Å². The summed E-state index contributed by atoms with van der Waals surface area (Å²) in [6, 6.07) is 2.08. The molecule has 0 aliphatic rings. The van der Waals surface area contributed by atoms with Gasteiger partial charge in [-0.3, -0.25) is 0 Å². The fraction of sp³-hybridized carbons (Fsp3) is 0.400. The first-order valence-electron chi connectivity index (χ1n) is 4.29. The van der Waals surface area contributed by atoms with Crippen molar-refractivity contribution < 1.29 is 0 Å². The van der Waals surface area contributed by atoms with Crippen molar-refractivity contribution in [1.29, 1.82) is 0 Å². The molecular weight excluding hydrogens is 180 g/mol. The van der Waals surface area contributed by atoms with Crippen LogP contribution in [0, 0.1) is 0 Å². The fourth-order valence-electron chi connectivity index (χ4n) is 1.43. The molecule has 2 heterocycles. The zero-order valence-electron chi connectivity index (χ0n) is 8.03. The van der Waals surface area contributed by atoms with Gasteiger partial charge in [-0.05, 0) is 28.6 Å². The van der Waals surface area contributed by atoms with Crippen LogP contribution in [-0.2, 0) is 5.41 Å². The average Bonchev–Trinajstić information content (AvgIpc) is 2.48. The summed E-state index contributed by atoms with van der Waals surface area (Å²) in [5.74, 6) is 0. The maximum absolute atomic E-state index is 4.27. The molecule has 0 aromatic carbocycles. The molecule has 0 unspecified atom stereocenters. The van der Waals surface area contributed by atoms with Gasteiger partial charge in [-0.2, -0.15) is 4.37 Å². The lowest BCUT2D eigenvalue weighted by Gasteiger charge is -2.19. The van der Waals surface area contributed by atoms with Crippen LogP contribution in [0.4, 0.5) is 0 Å². The Morgan fingerprint density at radius 3 is 2.77 bits per heavy atom. The van der Waals surface area contributed by atoms with E-state index in [0.717, 1.165) is 4.83 Å². The lowest BCUT2D eigenvalue weighted by atomic mass is 9.86. The molecule has 2 aromatic heterocycles. The minimum absolute atomic E-state index is 0.171. The fourth-order valence-corrected chi connectivity index (χ4v) is 2.06. The number of aromatic nitrogens is 2. The first-order valence-corrected chi connectivity index (χ1v) is 5.06. The molecular formula is C10H12N2S. The largest absolute Gasteiger partial charge is 0.244 e. The molecule has 2 aromatic rings. The average molecular weight is 192 g/mol. The van der Waals surface area contributed by atoms with Crippen molar-refractivity contribution in [2.75, 3.05) is 0 Å². The summed E-state index contributed by atoms with van der Waals surface area (Å²) in [7, 11) is 0. The smallest absolute Gasteiger partial charge is 0.143 e. The Morgan fingerprint density at radius 2 is 2.08 bits per heavy atom. The van der Waals surface area contributed by atoms with Crippen LogP contribution in [0.15, 0.2) is 18.5 Å². The SMILES string of the molecule is CC(C)(C)c1ccnc2sncc12. The van der Waals surface area contributed by atoms with Crippen LogP contribution >= 0.6 is 11.5 Å². The van der Waals surface area contributed by atoms with Crippen LogP contribution < -0.4 is 0 Å². The van der Waals surface area contributed by atoms with Crippen LogP contribution in [-0.4, -0.2) is 9.36 Å². The minimum Gasteiger partial charge on any atom is -0.244 e. The third-order valence-electron chi connectivity index (χ3n) is 2.08. The summed E-state index contributed by atoms with van der Waals surface area (Å²) < 4.78 is 4.15. The highest BCUT2D eigenvalue weighted by atomic mass is 32.1. The number of hydrogen-bond acceptors (Lipinski definition) is 3. The van der Waals surface area contributed by atoms with Crippen molar-refractivity contribution in [3.05, 3.63) is 24.0 Å². The van der Waals surface area contributed by atoms with Crippen molar-refractivity contribution in [2.45, 2.75) is 26.2 Å². The van der Waals surface area contributed by atoms with Crippen LogP contribution in [0.5, 0.6) is 0 Å². The van der Waals surface area contributed by atoms with Crippen molar-refractivity contribution in [2.24, 2.45) is 0 Å². The maximum atomic E-state index is 4.27. The predicted molar refractivity (Wildman–Crippen MR) is 56.1 cm³/mol. The molecule has 0 aliphatic heterocycles. The monoisotopic (exact) mass is 192 g/mol. The topological polar surface area (TPSA) is 25.8 Å². The molecule has 0 saturated heterocycles. The van der Waals surface area contributed by atoms with Gasteiger partial charge in [0.2, 0.25) is 0 Å². The van der Waals surface area contributed by atoms with E-state index >= 15 is 0 Å². The zero-order chi connectivity index (χ0) is 9.47. The highest BCUT2D eigenvalue weighted by Crippen LogP contribution is 2.29. The second-order valence-electron chi connectivity index (χ2n) is 4.15. The summed E-state index contributed by atoms with van der Waals surface area (Å²) in [5, 5.41) is 1.19. The minimum atomic E-state index is 0.171. The highest BCUT2D eigenvalue weighted by molar-refractivity contribution is 7.12. The Labute approximate surface area is 81.8 Å². The molecule has 2 nitrogen and oxygen atoms in total. The number of hydrogen-bond donors (Lipinski definition) is 0. The van der Waals surface area contributed by atoms with E-state index in [1.54, 1.807) is 0 Å². The molecule has 0 amide bonds. The number of pyridine rings is 1. The lowest BCUT2D eigenvalue weighted by Crippen LogP contribution is -2.11. The van der Waals surface area contributed by atoms with Crippen molar-refractivity contribution in [1.82, 2.24) is 9.36 Å². The maximum Gasteiger partial charge on any atom is 0.143 e. The Bertz CT molecular complexity index is 426. The molecule has 0 fully saturated rings. The van der Waals surface area contributed by atoms with Crippen molar-refractivity contribution in [3.8, 4) is 0 Å². The van der Waals surface area contributed by atoms with Crippen molar-refractivity contribution in [3.63, 3.8) is 0 Å². The summed E-state index contributed by atoms with van der Waals surface area (Å²) >= 11 is 1.46. The first kappa shape index (κ1) is 8.63. The van der Waals surface area contributed by atoms with Gasteiger partial charge in [0, 0.05) is 11.6 Å².